The lowest BCUT2D eigenvalue weighted by Gasteiger charge is -2.18. The van der Waals surface area contributed by atoms with Gasteiger partial charge in [-0.1, -0.05) is 0 Å². The molecule has 1 heterocycles. The highest BCUT2D eigenvalue weighted by atomic mass is 16.4. The van der Waals surface area contributed by atoms with Crippen molar-refractivity contribution in [2.24, 2.45) is 5.73 Å². The molecule has 6 heteroatoms. The summed E-state index contributed by atoms with van der Waals surface area (Å²) in [4.78, 5) is 22.7. The Balaban J connectivity index is 2.21. The smallest absolute Gasteiger partial charge is 0.303 e. The second kappa shape index (κ2) is 7.83. The van der Waals surface area contributed by atoms with Crippen LogP contribution in [0.1, 0.15) is 39.2 Å². The third kappa shape index (κ3) is 4.01. The number of nitrogens with two attached hydrogens (primary N) is 2. The molecular weight excluding hydrogens is 366 g/mol. The summed E-state index contributed by atoms with van der Waals surface area (Å²) in [5.74, 6) is -1.33. The lowest BCUT2D eigenvalue weighted by Crippen LogP contribution is -2.12. The van der Waals surface area contributed by atoms with Gasteiger partial charge in [-0.15, -0.1) is 0 Å². The van der Waals surface area contributed by atoms with Gasteiger partial charge in [0.25, 0.3) is 0 Å². The fraction of sp³-hybridized carbons (Fsp3) is 0.217. The van der Waals surface area contributed by atoms with Crippen molar-refractivity contribution >= 4 is 17.6 Å². The zero-order valence-corrected chi connectivity index (χ0v) is 16.8. The molecule has 5 N–H and O–H groups in total. The van der Waals surface area contributed by atoms with Crippen molar-refractivity contribution < 1.29 is 14.7 Å². The van der Waals surface area contributed by atoms with Crippen LogP contribution in [0.2, 0.25) is 0 Å². The predicted octanol–water partition coefficient (Wildman–Crippen LogP) is 3.77. The van der Waals surface area contributed by atoms with E-state index in [1.807, 2.05) is 55.7 Å². The summed E-state index contributed by atoms with van der Waals surface area (Å²) < 4.78 is 2.05. The number of aliphatic carboxylic acids is 1. The number of hydrogen-bond acceptors (Lipinski definition) is 3. The van der Waals surface area contributed by atoms with E-state index in [1.54, 1.807) is 12.1 Å². The standard InChI is InChI=1S/C23H25N3O3/c1-13-10-16(23(25)29)4-7-19(13)26-18(6-9-21(27)28)5-8-20(26)17-11-14(2)22(24)15(3)12-17/h4-5,7-8,10-12H,6,9,24H2,1-3H3,(H2,25,29)(H,27,28). The highest BCUT2D eigenvalue weighted by Crippen LogP contribution is 2.32. The number of carboxylic acid groups (broad SMARTS) is 1. The van der Waals surface area contributed by atoms with Crippen LogP contribution < -0.4 is 11.5 Å². The first-order chi connectivity index (χ1) is 13.7. The number of rotatable bonds is 6. The van der Waals surface area contributed by atoms with Crippen LogP contribution in [0.15, 0.2) is 42.5 Å². The van der Waals surface area contributed by atoms with E-state index >= 15 is 0 Å². The minimum absolute atomic E-state index is 0.0294. The van der Waals surface area contributed by atoms with Gasteiger partial charge in [0.05, 0.1) is 12.1 Å². The average molecular weight is 391 g/mol. The van der Waals surface area contributed by atoms with Crippen LogP contribution in [-0.4, -0.2) is 21.6 Å². The summed E-state index contributed by atoms with van der Waals surface area (Å²) in [5, 5.41) is 9.14. The van der Waals surface area contributed by atoms with Crippen molar-refractivity contribution in [1.29, 1.82) is 0 Å². The molecule has 0 aliphatic carbocycles. The molecule has 0 atom stereocenters. The largest absolute Gasteiger partial charge is 0.481 e. The number of primary amides is 1. The van der Waals surface area contributed by atoms with Gasteiger partial charge < -0.3 is 21.1 Å². The zero-order valence-electron chi connectivity index (χ0n) is 16.8. The molecule has 0 unspecified atom stereocenters. The summed E-state index contributed by atoms with van der Waals surface area (Å²) in [6, 6.07) is 13.3. The van der Waals surface area contributed by atoms with Gasteiger partial charge in [0, 0.05) is 22.6 Å². The van der Waals surface area contributed by atoms with E-state index < -0.39 is 11.9 Å². The number of carbonyl (C=O) groups excluding carboxylic acids is 1. The lowest BCUT2D eigenvalue weighted by atomic mass is 10.0. The maximum atomic E-state index is 11.5. The van der Waals surface area contributed by atoms with Crippen LogP contribution in [0.25, 0.3) is 16.9 Å². The summed E-state index contributed by atoms with van der Waals surface area (Å²) >= 11 is 0. The van der Waals surface area contributed by atoms with E-state index in [-0.39, 0.29) is 6.42 Å². The second-order valence-electron chi connectivity index (χ2n) is 7.33. The Morgan fingerprint density at radius 1 is 0.966 bits per heavy atom. The summed E-state index contributed by atoms with van der Waals surface area (Å²) in [6.45, 7) is 5.85. The quantitative estimate of drug-likeness (QED) is 0.555. The van der Waals surface area contributed by atoms with Crippen LogP contribution in [-0.2, 0) is 11.2 Å². The fourth-order valence-electron chi connectivity index (χ4n) is 3.60. The van der Waals surface area contributed by atoms with E-state index in [9.17, 15) is 9.59 Å². The third-order valence-electron chi connectivity index (χ3n) is 5.17. The van der Waals surface area contributed by atoms with E-state index in [0.29, 0.717) is 12.0 Å². The molecule has 0 saturated carbocycles. The van der Waals surface area contributed by atoms with Gasteiger partial charge in [-0.3, -0.25) is 9.59 Å². The van der Waals surface area contributed by atoms with Crippen molar-refractivity contribution in [3.05, 3.63) is 70.4 Å². The zero-order chi connectivity index (χ0) is 21.3. The fourth-order valence-corrected chi connectivity index (χ4v) is 3.60. The molecule has 3 rings (SSSR count). The number of nitrogen functional groups attached to an aromatic ring is 1. The van der Waals surface area contributed by atoms with Crippen LogP contribution in [0.4, 0.5) is 5.69 Å². The van der Waals surface area contributed by atoms with Crippen LogP contribution >= 0.6 is 0 Å². The molecule has 0 aliphatic heterocycles. The molecule has 0 fully saturated rings. The number of carbonyl (C=O) groups is 2. The van der Waals surface area contributed by atoms with Gasteiger partial charge in [0.1, 0.15) is 0 Å². The van der Waals surface area contributed by atoms with Crippen LogP contribution in [0.5, 0.6) is 0 Å². The first kappa shape index (κ1) is 20.2. The first-order valence-electron chi connectivity index (χ1n) is 9.39. The Kier molecular flexibility index (Phi) is 5.46. The molecule has 1 aromatic heterocycles. The molecule has 0 bridgehead atoms. The van der Waals surface area contributed by atoms with Crippen LogP contribution in [0.3, 0.4) is 0 Å². The van der Waals surface area contributed by atoms with Crippen molar-refractivity contribution in [3.63, 3.8) is 0 Å². The molecule has 150 valence electrons. The monoisotopic (exact) mass is 391 g/mol. The lowest BCUT2D eigenvalue weighted by molar-refractivity contribution is -0.136. The molecule has 29 heavy (non-hydrogen) atoms. The normalized spacial score (nSPS) is 10.9. The molecule has 2 aromatic carbocycles. The Bertz CT molecular complexity index is 1090. The van der Waals surface area contributed by atoms with Crippen molar-refractivity contribution in [1.82, 2.24) is 4.57 Å². The molecular formula is C23H25N3O3. The van der Waals surface area contributed by atoms with Gasteiger partial charge in [0.15, 0.2) is 0 Å². The minimum Gasteiger partial charge on any atom is -0.481 e. The van der Waals surface area contributed by atoms with E-state index in [2.05, 4.69) is 0 Å². The third-order valence-corrected chi connectivity index (χ3v) is 5.17. The first-order valence-corrected chi connectivity index (χ1v) is 9.39. The Labute approximate surface area is 169 Å². The minimum atomic E-state index is -0.848. The average Bonchev–Trinajstić information content (AvgIpc) is 3.07. The molecule has 1 amide bonds. The van der Waals surface area contributed by atoms with Gasteiger partial charge in [-0.05, 0) is 91.9 Å². The van der Waals surface area contributed by atoms with Crippen LogP contribution in [0, 0.1) is 20.8 Å². The number of amides is 1. The molecule has 6 nitrogen and oxygen atoms in total. The van der Waals surface area contributed by atoms with Gasteiger partial charge in [-0.2, -0.15) is 0 Å². The van der Waals surface area contributed by atoms with E-state index in [4.69, 9.17) is 16.6 Å². The Hall–Kier alpha value is -3.54. The van der Waals surface area contributed by atoms with Crippen molar-refractivity contribution in [3.8, 4) is 16.9 Å². The summed E-state index contributed by atoms with van der Waals surface area (Å²) in [5.41, 5.74) is 19.3. The molecule has 0 aliphatic rings. The maximum absolute atomic E-state index is 11.5. The number of benzene rings is 2. The second-order valence-corrected chi connectivity index (χ2v) is 7.33. The number of aromatic nitrogens is 1. The molecule has 0 saturated heterocycles. The topological polar surface area (TPSA) is 111 Å². The van der Waals surface area contributed by atoms with E-state index in [0.717, 1.165) is 45.0 Å². The van der Waals surface area contributed by atoms with Crippen molar-refractivity contribution in [2.75, 3.05) is 5.73 Å². The number of hydrogen-bond donors (Lipinski definition) is 3. The van der Waals surface area contributed by atoms with Crippen molar-refractivity contribution in [2.45, 2.75) is 33.6 Å². The highest BCUT2D eigenvalue weighted by molar-refractivity contribution is 5.93. The Morgan fingerprint density at radius 3 is 2.17 bits per heavy atom. The van der Waals surface area contributed by atoms with Gasteiger partial charge in [0.2, 0.25) is 5.91 Å². The molecule has 0 radical (unpaired) electrons. The highest BCUT2D eigenvalue weighted by Gasteiger charge is 2.16. The number of aryl methyl sites for hydroxylation is 4. The predicted molar refractivity (Wildman–Crippen MR) is 114 cm³/mol. The Morgan fingerprint density at radius 2 is 1.62 bits per heavy atom. The van der Waals surface area contributed by atoms with Gasteiger partial charge >= 0.3 is 5.97 Å². The molecule has 3 aromatic rings. The number of carboxylic acids is 1. The number of anilines is 1. The SMILES string of the molecule is Cc1cc(C(N)=O)ccc1-n1c(CCC(=O)O)ccc1-c1cc(C)c(N)c(C)c1. The maximum Gasteiger partial charge on any atom is 0.303 e. The summed E-state index contributed by atoms with van der Waals surface area (Å²) in [7, 11) is 0. The molecule has 0 spiro atoms. The van der Waals surface area contributed by atoms with Gasteiger partial charge in [-0.25, -0.2) is 0 Å². The summed E-state index contributed by atoms with van der Waals surface area (Å²) in [6.07, 6.45) is 0.418. The van der Waals surface area contributed by atoms with E-state index in [1.165, 1.54) is 0 Å². The number of nitrogens with zero attached hydrogens (tertiary/aromatic N) is 1.